The van der Waals surface area contributed by atoms with Crippen LogP contribution in [0, 0.1) is 0 Å². The second-order valence-corrected chi connectivity index (χ2v) is 14.0. The Kier molecular flexibility index (Phi) is 8.84. The molecule has 2 saturated carbocycles. The van der Waals surface area contributed by atoms with Gasteiger partial charge in [0.15, 0.2) is 0 Å². The Balaban J connectivity index is 0.000000143. The van der Waals surface area contributed by atoms with Crippen molar-refractivity contribution in [3.63, 3.8) is 0 Å². The highest BCUT2D eigenvalue weighted by atomic mass is 16.5. The van der Waals surface area contributed by atoms with Crippen molar-refractivity contribution in [3.8, 4) is 0 Å². The molecule has 0 bridgehead atoms. The van der Waals surface area contributed by atoms with E-state index in [1.54, 1.807) is 40.1 Å². The number of ether oxygens (including phenoxy) is 1. The van der Waals surface area contributed by atoms with Gasteiger partial charge in [0.1, 0.15) is 0 Å². The highest BCUT2D eigenvalue weighted by Gasteiger charge is 2.30. The first-order valence-corrected chi connectivity index (χ1v) is 18.5. The van der Waals surface area contributed by atoms with Crippen molar-refractivity contribution in [2.24, 2.45) is 0 Å². The number of fused-ring (bicyclic) bond motifs is 4. The molecule has 0 amide bonds. The van der Waals surface area contributed by atoms with Gasteiger partial charge in [-0.2, -0.15) is 0 Å². The van der Waals surface area contributed by atoms with Crippen LogP contribution < -0.4 is 11.4 Å². The summed E-state index contributed by atoms with van der Waals surface area (Å²) in [5, 5.41) is 14.1. The van der Waals surface area contributed by atoms with Crippen LogP contribution in [0.4, 0.5) is 0 Å². The second kappa shape index (κ2) is 14.1. The average Bonchev–Trinajstić information content (AvgIpc) is 4.16. The Morgan fingerprint density at radius 1 is 0.648 bits per heavy atom. The molecule has 54 heavy (non-hydrogen) atoms. The van der Waals surface area contributed by atoms with E-state index in [1.165, 1.54) is 0 Å². The molecular weight excluding hydrogens is 681 g/mol. The van der Waals surface area contributed by atoms with Crippen LogP contribution in [-0.2, 0) is 31.0 Å². The predicted molar refractivity (Wildman–Crippen MR) is 207 cm³/mol. The van der Waals surface area contributed by atoms with Crippen LogP contribution in [-0.4, -0.2) is 49.9 Å². The summed E-state index contributed by atoms with van der Waals surface area (Å²) in [4.78, 5) is 43.9. The van der Waals surface area contributed by atoms with Gasteiger partial charge in [0.25, 0.3) is 0 Å². The molecule has 0 radical (unpaired) electrons. The maximum absolute atomic E-state index is 13.2. The van der Waals surface area contributed by atoms with E-state index in [4.69, 9.17) is 9.72 Å². The van der Waals surface area contributed by atoms with Crippen molar-refractivity contribution in [3.05, 3.63) is 141 Å². The molecule has 6 aromatic heterocycles. The lowest BCUT2D eigenvalue weighted by molar-refractivity contribution is 0.134. The van der Waals surface area contributed by atoms with Gasteiger partial charge in [-0.25, -0.2) is 9.59 Å². The van der Waals surface area contributed by atoms with Crippen LogP contribution >= 0.6 is 0 Å². The summed E-state index contributed by atoms with van der Waals surface area (Å²) >= 11 is 0. The smallest absolute Gasteiger partial charge is 0.329 e. The molecule has 10 rings (SSSR count). The summed E-state index contributed by atoms with van der Waals surface area (Å²) in [6, 6.07) is 20.4. The van der Waals surface area contributed by atoms with Crippen molar-refractivity contribution in [2.75, 3.05) is 6.61 Å². The molecule has 6 heterocycles. The molecule has 0 aliphatic heterocycles. The maximum Gasteiger partial charge on any atom is 0.329 e. The van der Waals surface area contributed by atoms with Crippen molar-refractivity contribution in [1.82, 2.24) is 38.2 Å². The third-order valence-electron chi connectivity index (χ3n) is 10.6. The molecular formula is C42H40N8O4. The summed E-state index contributed by atoms with van der Waals surface area (Å²) in [5.41, 5.74) is 6.92. The molecule has 2 fully saturated rings. The molecule has 2 aromatic carbocycles. The highest BCUT2D eigenvalue weighted by molar-refractivity contribution is 5.86. The van der Waals surface area contributed by atoms with Crippen molar-refractivity contribution >= 4 is 43.6 Å². The summed E-state index contributed by atoms with van der Waals surface area (Å²) < 4.78 is 13.0. The number of aliphatic hydroxyl groups is 1. The third kappa shape index (κ3) is 6.06. The zero-order chi connectivity index (χ0) is 36.8. The third-order valence-corrected chi connectivity index (χ3v) is 10.6. The van der Waals surface area contributed by atoms with Crippen LogP contribution in [0.25, 0.3) is 43.6 Å². The zero-order valence-corrected chi connectivity index (χ0v) is 30.0. The Morgan fingerprint density at radius 2 is 1.13 bits per heavy atom. The Bertz CT molecular complexity index is 2790. The standard InChI is InChI=1S/C22H22N4O2.C20H18N4O2/c1-2-28-14-18-17-6-4-3-5-15(17)11-24-19(18)13-25-21-12-23-10-9-20(21)26(22(25)27)16-7-8-16;25-12-16-15-4-2-1-3-13(15)9-22-17(16)11-23-19-10-21-8-7-18(19)24(20(23)26)14-5-6-14/h3-6,9-12,16H,2,7-8,13-14H2,1H3;1-4,7-10,14,25H,5-6,11-12H2. The molecule has 0 atom stereocenters. The van der Waals surface area contributed by atoms with Gasteiger partial charge < -0.3 is 9.84 Å². The number of aliphatic hydroxyl groups excluding tert-OH is 1. The van der Waals surface area contributed by atoms with E-state index >= 15 is 0 Å². The summed E-state index contributed by atoms with van der Waals surface area (Å²) in [7, 11) is 0. The van der Waals surface area contributed by atoms with Gasteiger partial charge >= 0.3 is 11.4 Å². The Morgan fingerprint density at radius 3 is 1.61 bits per heavy atom. The Hall–Kier alpha value is -5.98. The minimum Gasteiger partial charge on any atom is -0.392 e. The van der Waals surface area contributed by atoms with Gasteiger partial charge in [0.2, 0.25) is 0 Å². The van der Waals surface area contributed by atoms with Gasteiger partial charge in [0, 0.05) is 65.4 Å². The van der Waals surface area contributed by atoms with E-state index < -0.39 is 0 Å². The predicted octanol–water partition coefficient (Wildman–Crippen LogP) is 6.29. The number of imidazole rings is 2. The second-order valence-electron chi connectivity index (χ2n) is 14.0. The average molecular weight is 721 g/mol. The van der Waals surface area contributed by atoms with Gasteiger partial charge in [-0.1, -0.05) is 48.5 Å². The van der Waals surface area contributed by atoms with Gasteiger partial charge in [-0.3, -0.25) is 38.2 Å². The van der Waals surface area contributed by atoms with Crippen molar-refractivity contribution in [2.45, 2.75) is 71.0 Å². The topological polar surface area (TPSA) is 135 Å². The fraction of sp³-hybridized carbons (Fsp3) is 0.286. The maximum atomic E-state index is 13.2. The Labute approximate surface area is 310 Å². The van der Waals surface area contributed by atoms with Crippen LogP contribution in [0.15, 0.2) is 107 Å². The van der Waals surface area contributed by atoms with Crippen LogP contribution in [0.5, 0.6) is 0 Å². The van der Waals surface area contributed by atoms with E-state index in [-0.39, 0.29) is 24.0 Å². The van der Waals surface area contributed by atoms with Crippen molar-refractivity contribution < 1.29 is 9.84 Å². The largest absolute Gasteiger partial charge is 0.392 e. The molecule has 12 nitrogen and oxygen atoms in total. The fourth-order valence-electron chi connectivity index (χ4n) is 7.57. The first-order valence-electron chi connectivity index (χ1n) is 18.5. The number of nitrogens with zero attached hydrogens (tertiary/aromatic N) is 8. The number of benzene rings is 2. The van der Waals surface area contributed by atoms with E-state index in [9.17, 15) is 14.7 Å². The first-order chi connectivity index (χ1) is 26.6. The number of rotatable bonds is 10. The molecule has 8 aromatic rings. The minimum absolute atomic E-state index is 0.0165. The molecule has 2 aliphatic rings. The molecule has 272 valence electrons. The minimum atomic E-state index is -0.113. The van der Waals surface area contributed by atoms with E-state index in [0.29, 0.717) is 38.0 Å². The molecule has 2 aliphatic carbocycles. The number of aromatic nitrogens is 8. The highest BCUT2D eigenvalue weighted by Crippen LogP contribution is 2.37. The molecule has 0 saturated heterocycles. The number of hydrogen-bond acceptors (Lipinski definition) is 8. The van der Waals surface area contributed by atoms with E-state index in [0.717, 1.165) is 86.1 Å². The van der Waals surface area contributed by atoms with Crippen LogP contribution in [0.1, 0.15) is 67.2 Å². The van der Waals surface area contributed by atoms with Gasteiger partial charge in [-0.15, -0.1) is 0 Å². The molecule has 12 heteroatoms. The lowest BCUT2D eigenvalue weighted by atomic mass is 10.0. The molecule has 0 spiro atoms. The monoisotopic (exact) mass is 720 g/mol. The number of pyridine rings is 4. The SMILES string of the molecule is CCOCc1c(Cn2c(=O)n(C3CC3)c3ccncc32)ncc2ccccc12.O=c1n(Cc2ncc3ccccc3c2CO)c2cnccc2n1C1CC1. The van der Waals surface area contributed by atoms with E-state index in [1.807, 2.05) is 70.8 Å². The lowest BCUT2D eigenvalue weighted by Gasteiger charge is -2.13. The van der Waals surface area contributed by atoms with Crippen LogP contribution in [0.3, 0.4) is 0 Å². The fourth-order valence-corrected chi connectivity index (χ4v) is 7.57. The van der Waals surface area contributed by atoms with E-state index in [2.05, 4.69) is 27.1 Å². The summed E-state index contributed by atoms with van der Waals surface area (Å²) in [6.45, 7) is 3.72. The molecule has 0 unspecified atom stereocenters. The zero-order valence-electron chi connectivity index (χ0n) is 30.0. The molecule has 1 N–H and O–H groups in total. The normalized spacial score (nSPS) is 14.3. The first kappa shape index (κ1) is 33.8. The number of hydrogen-bond donors (Lipinski definition) is 1. The summed E-state index contributed by atoms with van der Waals surface area (Å²) in [6.07, 6.45) is 14.9. The van der Waals surface area contributed by atoms with Gasteiger partial charge in [-0.05, 0) is 55.5 Å². The van der Waals surface area contributed by atoms with Crippen molar-refractivity contribution in [1.29, 1.82) is 0 Å². The lowest BCUT2D eigenvalue weighted by Crippen LogP contribution is -2.25. The quantitative estimate of drug-likeness (QED) is 0.174. The van der Waals surface area contributed by atoms with Crippen LogP contribution in [0.2, 0.25) is 0 Å². The van der Waals surface area contributed by atoms with Gasteiger partial charge in [0.05, 0.1) is 72.2 Å². The summed E-state index contributed by atoms with van der Waals surface area (Å²) in [5.74, 6) is 0.